The number of amides is 1. The molecule has 3 heterocycles. The molecule has 0 unspecified atom stereocenters. The maximum Gasteiger partial charge on any atom is 0.273 e. The zero-order chi connectivity index (χ0) is 12.7. The minimum absolute atomic E-state index is 0. The molecule has 1 N–H and O–H groups in total. The fourth-order valence-corrected chi connectivity index (χ4v) is 3.26. The Morgan fingerprint density at radius 3 is 2.95 bits per heavy atom. The smallest absolute Gasteiger partial charge is 0.273 e. The van der Waals surface area contributed by atoms with E-state index in [1.807, 2.05) is 4.90 Å². The number of aryl methyl sites for hydroxylation is 1. The van der Waals surface area contributed by atoms with E-state index >= 15 is 0 Å². The molecule has 1 aromatic rings. The predicted molar refractivity (Wildman–Crippen MR) is 75.9 cm³/mol. The van der Waals surface area contributed by atoms with E-state index in [0.717, 1.165) is 19.6 Å². The van der Waals surface area contributed by atoms with Gasteiger partial charge in [0.05, 0.1) is 11.2 Å². The molecular formula is C12H18Cl2N4O. The van der Waals surface area contributed by atoms with Crippen molar-refractivity contribution in [1.82, 2.24) is 20.0 Å². The number of hydrogen-bond donors (Lipinski definition) is 1. The lowest BCUT2D eigenvalue weighted by atomic mass is 9.94. The molecule has 19 heavy (non-hydrogen) atoms. The maximum atomic E-state index is 12.4. The van der Waals surface area contributed by atoms with Crippen molar-refractivity contribution in [3.05, 3.63) is 16.9 Å². The van der Waals surface area contributed by atoms with Crippen molar-refractivity contribution in [2.24, 2.45) is 13.0 Å². The number of aromatic nitrogens is 2. The summed E-state index contributed by atoms with van der Waals surface area (Å²) < 4.78 is 1.56. The first kappa shape index (κ1) is 14.6. The number of halogens is 2. The van der Waals surface area contributed by atoms with Crippen LogP contribution in [0.3, 0.4) is 0 Å². The average Bonchev–Trinajstić information content (AvgIpc) is 2.92. The quantitative estimate of drug-likeness (QED) is 0.851. The Kier molecular flexibility index (Phi) is 4.38. The van der Waals surface area contributed by atoms with E-state index in [2.05, 4.69) is 10.4 Å². The Bertz CT molecular complexity index is 443. The van der Waals surface area contributed by atoms with Crippen molar-refractivity contribution >= 4 is 29.9 Å². The molecule has 0 aliphatic carbocycles. The highest BCUT2D eigenvalue weighted by Crippen LogP contribution is 2.27. The van der Waals surface area contributed by atoms with Crippen LogP contribution in [-0.2, 0) is 7.05 Å². The Balaban J connectivity index is 0.00000133. The predicted octanol–water partition coefficient (Wildman–Crippen LogP) is 1.32. The molecule has 0 bridgehead atoms. The van der Waals surface area contributed by atoms with Crippen molar-refractivity contribution in [3.8, 4) is 0 Å². The Hall–Kier alpha value is -0.780. The molecule has 1 amide bonds. The highest BCUT2D eigenvalue weighted by Gasteiger charge is 2.37. The maximum absolute atomic E-state index is 12.4. The van der Waals surface area contributed by atoms with Gasteiger partial charge in [-0.05, 0) is 25.3 Å². The van der Waals surface area contributed by atoms with Crippen LogP contribution in [0.2, 0.25) is 5.02 Å². The monoisotopic (exact) mass is 304 g/mol. The number of likely N-dealkylation sites (tertiary alicyclic amines) is 1. The fourth-order valence-electron chi connectivity index (χ4n) is 3.01. The number of nitrogens with zero attached hydrogens (tertiary/aromatic N) is 3. The van der Waals surface area contributed by atoms with Crippen LogP contribution < -0.4 is 5.32 Å². The largest absolute Gasteiger partial charge is 0.335 e. The van der Waals surface area contributed by atoms with Crippen LogP contribution >= 0.6 is 24.0 Å². The lowest BCUT2D eigenvalue weighted by Crippen LogP contribution is -2.41. The molecule has 0 aromatic carbocycles. The van der Waals surface area contributed by atoms with Gasteiger partial charge in [-0.25, -0.2) is 0 Å². The summed E-state index contributed by atoms with van der Waals surface area (Å²) in [7, 11) is 1.75. The van der Waals surface area contributed by atoms with E-state index in [1.54, 1.807) is 11.7 Å². The van der Waals surface area contributed by atoms with Crippen molar-refractivity contribution in [2.45, 2.75) is 18.9 Å². The zero-order valence-electron chi connectivity index (χ0n) is 10.8. The Labute approximate surface area is 123 Å². The highest BCUT2D eigenvalue weighted by atomic mass is 35.5. The number of carbonyl (C=O) groups excluding carboxylic acids is 1. The molecule has 2 aliphatic heterocycles. The molecule has 2 fully saturated rings. The zero-order valence-corrected chi connectivity index (χ0v) is 12.4. The summed E-state index contributed by atoms with van der Waals surface area (Å²) in [4.78, 5) is 14.3. The first-order valence-corrected chi connectivity index (χ1v) is 6.75. The van der Waals surface area contributed by atoms with E-state index in [-0.39, 0.29) is 18.3 Å². The van der Waals surface area contributed by atoms with Crippen LogP contribution in [0.5, 0.6) is 0 Å². The van der Waals surface area contributed by atoms with Crippen molar-refractivity contribution < 1.29 is 4.79 Å². The summed E-state index contributed by atoms with van der Waals surface area (Å²) in [5, 5.41) is 7.95. The van der Waals surface area contributed by atoms with Gasteiger partial charge in [0, 0.05) is 26.2 Å². The van der Waals surface area contributed by atoms with E-state index < -0.39 is 0 Å². The molecule has 2 atom stereocenters. The number of fused-ring (bicyclic) bond motifs is 1. The van der Waals surface area contributed by atoms with Crippen molar-refractivity contribution in [3.63, 3.8) is 0 Å². The molecule has 3 rings (SSSR count). The van der Waals surface area contributed by atoms with Crippen molar-refractivity contribution in [1.29, 1.82) is 0 Å². The fraction of sp³-hybridized carbons (Fsp3) is 0.667. The summed E-state index contributed by atoms with van der Waals surface area (Å²) >= 11 is 6.02. The number of carbonyl (C=O) groups is 1. The van der Waals surface area contributed by atoms with Gasteiger partial charge in [0.2, 0.25) is 0 Å². The average molecular weight is 305 g/mol. The number of rotatable bonds is 1. The molecule has 5 nitrogen and oxygen atoms in total. The summed E-state index contributed by atoms with van der Waals surface area (Å²) in [6, 6.07) is 0.453. The van der Waals surface area contributed by atoms with Crippen LogP contribution in [0.4, 0.5) is 0 Å². The first-order chi connectivity index (χ1) is 8.66. The van der Waals surface area contributed by atoms with Crippen LogP contribution in [0.25, 0.3) is 0 Å². The Morgan fingerprint density at radius 2 is 2.32 bits per heavy atom. The summed E-state index contributed by atoms with van der Waals surface area (Å²) in [5.41, 5.74) is 0.496. The molecule has 2 aliphatic rings. The van der Waals surface area contributed by atoms with Gasteiger partial charge < -0.3 is 10.2 Å². The molecule has 106 valence electrons. The standard InChI is InChI=1S/C12H17ClN4O.ClH/c1-16-11(9(13)5-15-16)12(18)17-6-8-3-2-4-14-10(8)7-17;/h5,8,10,14H,2-4,6-7H2,1H3;1H/t8-,10+;/m0./s1. The molecule has 0 radical (unpaired) electrons. The molecule has 1 aromatic heterocycles. The van der Waals surface area contributed by atoms with Gasteiger partial charge in [0.25, 0.3) is 5.91 Å². The van der Waals surface area contributed by atoms with Crippen LogP contribution in [0.1, 0.15) is 23.3 Å². The highest BCUT2D eigenvalue weighted by molar-refractivity contribution is 6.33. The minimum atomic E-state index is -0.00352. The Morgan fingerprint density at radius 1 is 1.53 bits per heavy atom. The summed E-state index contributed by atoms with van der Waals surface area (Å²) in [6.45, 7) is 2.68. The molecular weight excluding hydrogens is 287 g/mol. The SMILES string of the molecule is Cl.Cn1ncc(Cl)c1C(=O)N1C[C@@H]2CCCN[C@@H]2C1. The number of hydrogen-bond acceptors (Lipinski definition) is 3. The lowest BCUT2D eigenvalue weighted by Gasteiger charge is -2.24. The number of nitrogens with one attached hydrogen (secondary N) is 1. The molecule has 0 spiro atoms. The van der Waals surface area contributed by atoms with E-state index in [9.17, 15) is 4.79 Å². The van der Waals surface area contributed by atoms with Gasteiger partial charge in [-0.15, -0.1) is 12.4 Å². The van der Waals surface area contributed by atoms with Crippen LogP contribution in [-0.4, -0.2) is 46.3 Å². The molecule has 0 saturated carbocycles. The first-order valence-electron chi connectivity index (χ1n) is 6.37. The second-order valence-electron chi connectivity index (χ2n) is 5.14. The van der Waals surface area contributed by atoms with E-state index in [1.165, 1.54) is 19.0 Å². The minimum Gasteiger partial charge on any atom is -0.335 e. The van der Waals surface area contributed by atoms with E-state index in [4.69, 9.17) is 11.6 Å². The third kappa shape index (κ3) is 2.59. The van der Waals surface area contributed by atoms with Gasteiger partial charge in [0.15, 0.2) is 0 Å². The topological polar surface area (TPSA) is 50.2 Å². The normalized spacial score (nSPS) is 25.9. The van der Waals surface area contributed by atoms with Gasteiger partial charge >= 0.3 is 0 Å². The van der Waals surface area contributed by atoms with Crippen LogP contribution in [0, 0.1) is 5.92 Å². The van der Waals surface area contributed by atoms with E-state index in [0.29, 0.717) is 22.7 Å². The number of piperidine rings is 1. The summed E-state index contributed by atoms with van der Waals surface area (Å²) in [5.74, 6) is 0.589. The summed E-state index contributed by atoms with van der Waals surface area (Å²) in [6.07, 6.45) is 3.94. The van der Waals surface area contributed by atoms with Crippen LogP contribution in [0.15, 0.2) is 6.20 Å². The van der Waals surface area contributed by atoms with Crippen molar-refractivity contribution in [2.75, 3.05) is 19.6 Å². The van der Waals surface area contributed by atoms with Gasteiger partial charge in [0.1, 0.15) is 5.69 Å². The van der Waals surface area contributed by atoms with Gasteiger partial charge in [-0.3, -0.25) is 9.48 Å². The third-order valence-corrected chi connectivity index (χ3v) is 4.26. The third-order valence-electron chi connectivity index (χ3n) is 3.98. The lowest BCUT2D eigenvalue weighted by molar-refractivity contribution is 0.0775. The second-order valence-corrected chi connectivity index (χ2v) is 5.54. The molecule has 2 saturated heterocycles. The van der Waals surface area contributed by atoms with Gasteiger partial charge in [-0.1, -0.05) is 11.6 Å². The van der Waals surface area contributed by atoms with Gasteiger partial charge in [-0.2, -0.15) is 5.10 Å². The second kappa shape index (κ2) is 5.69. The molecule has 7 heteroatoms.